The third kappa shape index (κ3) is 4.21. The molecule has 0 heterocycles. The minimum atomic E-state index is -0.940. The van der Waals surface area contributed by atoms with Crippen LogP contribution >= 0.6 is 0 Å². The maximum Gasteiger partial charge on any atom is 0.335 e. The number of carboxylic acids is 1. The van der Waals surface area contributed by atoms with Crippen LogP contribution in [0.1, 0.15) is 36.0 Å². The summed E-state index contributed by atoms with van der Waals surface area (Å²) in [7, 11) is 0. The number of nitrogens with one attached hydrogen (secondary N) is 1. The van der Waals surface area contributed by atoms with E-state index >= 15 is 0 Å². The van der Waals surface area contributed by atoms with Gasteiger partial charge in [0.15, 0.2) is 0 Å². The third-order valence-electron chi connectivity index (χ3n) is 3.61. The third-order valence-corrected chi connectivity index (χ3v) is 3.61. The zero-order valence-electron chi connectivity index (χ0n) is 11.4. The number of hydrogen-bond acceptors (Lipinski definition) is 4. The summed E-state index contributed by atoms with van der Waals surface area (Å²) in [5.41, 5.74) is 0.251. The first-order valence-electron chi connectivity index (χ1n) is 7.04. The van der Waals surface area contributed by atoms with Crippen LogP contribution < -0.4 is 10.1 Å². The minimum absolute atomic E-state index is 0.168. The molecule has 0 radical (unpaired) electrons. The van der Waals surface area contributed by atoms with Crippen molar-refractivity contribution in [3.63, 3.8) is 0 Å². The molecule has 0 saturated heterocycles. The van der Waals surface area contributed by atoms with Gasteiger partial charge in [0.25, 0.3) is 0 Å². The van der Waals surface area contributed by atoms with E-state index in [4.69, 9.17) is 9.84 Å². The van der Waals surface area contributed by atoms with Gasteiger partial charge in [-0.1, -0.05) is 12.8 Å². The molecule has 1 saturated carbocycles. The van der Waals surface area contributed by atoms with Crippen molar-refractivity contribution in [2.24, 2.45) is 0 Å². The van der Waals surface area contributed by atoms with Gasteiger partial charge in [-0.2, -0.15) is 0 Å². The van der Waals surface area contributed by atoms with Gasteiger partial charge in [-0.15, -0.1) is 0 Å². The summed E-state index contributed by atoms with van der Waals surface area (Å²) in [4.78, 5) is 10.7. The van der Waals surface area contributed by atoms with Gasteiger partial charge >= 0.3 is 5.97 Å². The van der Waals surface area contributed by atoms with Crippen LogP contribution in [0.4, 0.5) is 0 Å². The summed E-state index contributed by atoms with van der Waals surface area (Å²) in [5, 5.41) is 21.9. The van der Waals surface area contributed by atoms with Gasteiger partial charge in [-0.05, 0) is 37.1 Å². The summed E-state index contributed by atoms with van der Waals surface area (Å²) >= 11 is 0. The molecule has 2 atom stereocenters. The number of hydrogen-bond donors (Lipinski definition) is 3. The van der Waals surface area contributed by atoms with E-state index in [0.29, 0.717) is 18.9 Å². The second-order valence-corrected chi connectivity index (χ2v) is 5.09. The lowest BCUT2D eigenvalue weighted by Gasteiger charge is -2.28. The van der Waals surface area contributed by atoms with Gasteiger partial charge in [-0.3, -0.25) is 0 Å². The Kier molecular flexibility index (Phi) is 5.38. The van der Waals surface area contributed by atoms with Crippen LogP contribution in [0.5, 0.6) is 5.75 Å². The predicted molar refractivity (Wildman–Crippen MR) is 75.2 cm³/mol. The van der Waals surface area contributed by atoms with Crippen LogP contribution in [0.15, 0.2) is 24.3 Å². The number of carbonyl (C=O) groups is 1. The van der Waals surface area contributed by atoms with E-state index in [-0.39, 0.29) is 17.7 Å². The second kappa shape index (κ2) is 7.26. The van der Waals surface area contributed by atoms with Gasteiger partial charge in [0.2, 0.25) is 0 Å². The molecule has 0 bridgehead atoms. The highest BCUT2D eigenvalue weighted by Gasteiger charge is 2.21. The van der Waals surface area contributed by atoms with Crippen molar-refractivity contribution in [2.75, 3.05) is 13.2 Å². The van der Waals surface area contributed by atoms with E-state index in [1.54, 1.807) is 12.1 Å². The molecule has 1 aromatic rings. The Morgan fingerprint density at radius 2 is 1.95 bits per heavy atom. The molecule has 5 heteroatoms. The van der Waals surface area contributed by atoms with E-state index in [9.17, 15) is 9.90 Å². The Labute approximate surface area is 118 Å². The Balaban J connectivity index is 1.69. The molecule has 1 aliphatic rings. The van der Waals surface area contributed by atoms with Crippen LogP contribution in [-0.2, 0) is 0 Å². The largest absolute Gasteiger partial charge is 0.492 e. The topological polar surface area (TPSA) is 78.8 Å². The van der Waals surface area contributed by atoms with Gasteiger partial charge in [0, 0.05) is 12.6 Å². The normalized spacial score (nSPS) is 22.4. The molecule has 0 amide bonds. The fourth-order valence-corrected chi connectivity index (χ4v) is 2.46. The number of carboxylic acid groups (broad SMARTS) is 1. The number of aliphatic hydroxyl groups is 1. The van der Waals surface area contributed by atoms with Crippen molar-refractivity contribution < 1.29 is 19.7 Å². The SMILES string of the molecule is O=C(O)c1ccc(OCCNC2CCCCC2O)cc1. The lowest BCUT2D eigenvalue weighted by molar-refractivity contribution is 0.0697. The Morgan fingerprint density at radius 1 is 1.25 bits per heavy atom. The van der Waals surface area contributed by atoms with Crippen LogP contribution in [0.2, 0.25) is 0 Å². The van der Waals surface area contributed by atoms with Gasteiger partial charge in [0.05, 0.1) is 11.7 Å². The summed E-state index contributed by atoms with van der Waals surface area (Å²) in [6.45, 7) is 1.16. The summed E-state index contributed by atoms with van der Waals surface area (Å²) < 4.78 is 5.53. The molecule has 110 valence electrons. The predicted octanol–water partition coefficient (Wildman–Crippen LogP) is 1.66. The molecule has 0 aromatic heterocycles. The molecule has 20 heavy (non-hydrogen) atoms. The lowest BCUT2D eigenvalue weighted by Crippen LogP contribution is -2.43. The number of benzene rings is 1. The average molecular weight is 279 g/mol. The first-order valence-corrected chi connectivity index (χ1v) is 7.04. The van der Waals surface area contributed by atoms with Gasteiger partial charge < -0.3 is 20.3 Å². The Morgan fingerprint density at radius 3 is 2.60 bits per heavy atom. The average Bonchev–Trinajstić information content (AvgIpc) is 2.46. The highest BCUT2D eigenvalue weighted by molar-refractivity contribution is 5.87. The highest BCUT2D eigenvalue weighted by atomic mass is 16.5. The maximum atomic E-state index is 10.7. The highest BCUT2D eigenvalue weighted by Crippen LogP contribution is 2.18. The number of aliphatic hydroxyl groups excluding tert-OH is 1. The quantitative estimate of drug-likeness (QED) is 0.690. The lowest BCUT2D eigenvalue weighted by atomic mass is 9.93. The van der Waals surface area contributed by atoms with Crippen molar-refractivity contribution in [1.82, 2.24) is 5.32 Å². The van der Waals surface area contributed by atoms with E-state index < -0.39 is 5.97 Å². The number of ether oxygens (including phenoxy) is 1. The van der Waals surface area contributed by atoms with Gasteiger partial charge in [-0.25, -0.2) is 4.79 Å². The molecule has 1 aromatic carbocycles. The first kappa shape index (κ1) is 14.8. The molecule has 1 fully saturated rings. The first-order chi connectivity index (χ1) is 9.66. The van der Waals surface area contributed by atoms with Crippen LogP contribution in [0, 0.1) is 0 Å². The molecule has 0 aliphatic heterocycles. The second-order valence-electron chi connectivity index (χ2n) is 5.09. The molecule has 2 unspecified atom stereocenters. The van der Waals surface area contributed by atoms with E-state index in [1.807, 2.05) is 0 Å². The van der Waals surface area contributed by atoms with Crippen molar-refractivity contribution in [2.45, 2.75) is 37.8 Å². The van der Waals surface area contributed by atoms with Crippen molar-refractivity contribution in [1.29, 1.82) is 0 Å². The van der Waals surface area contributed by atoms with E-state index in [2.05, 4.69) is 5.32 Å². The molecule has 5 nitrogen and oxygen atoms in total. The maximum absolute atomic E-state index is 10.7. The van der Waals surface area contributed by atoms with Crippen molar-refractivity contribution in [3.8, 4) is 5.75 Å². The Bertz CT molecular complexity index is 432. The van der Waals surface area contributed by atoms with E-state index in [1.165, 1.54) is 12.1 Å². The standard InChI is InChI=1S/C15H21NO4/c17-14-4-2-1-3-13(14)16-9-10-20-12-7-5-11(6-8-12)15(18)19/h5-8,13-14,16-17H,1-4,9-10H2,(H,18,19). The zero-order chi connectivity index (χ0) is 14.4. The number of aromatic carboxylic acids is 1. The zero-order valence-corrected chi connectivity index (χ0v) is 11.4. The van der Waals surface area contributed by atoms with Crippen LogP contribution in [-0.4, -0.2) is 41.5 Å². The summed E-state index contributed by atoms with van der Waals surface area (Å²) in [5.74, 6) is -0.287. The summed E-state index contributed by atoms with van der Waals surface area (Å²) in [6.07, 6.45) is 3.89. The van der Waals surface area contributed by atoms with Crippen LogP contribution in [0.25, 0.3) is 0 Å². The molecule has 1 aliphatic carbocycles. The molecule has 3 N–H and O–H groups in total. The minimum Gasteiger partial charge on any atom is -0.492 e. The van der Waals surface area contributed by atoms with Crippen molar-refractivity contribution in [3.05, 3.63) is 29.8 Å². The van der Waals surface area contributed by atoms with Gasteiger partial charge in [0.1, 0.15) is 12.4 Å². The molecular weight excluding hydrogens is 258 g/mol. The Hall–Kier alpha value is -1.59. The monoisotopic (exact) mass is 279 g/mol. The molecule has 2 rings (SSSR count). The smallest absolute Gasteiger partial charge is 0.335 e. The fourth-order valence-electron chi connectivity index (χ4n) is 2.46. The van der Waals surface area contributed by atoms with E-state index in [0.717, 1.165) is 25.7 Å². The number of rotatable bonds is 6. The molecule has 0 spiro atoms. The van der Waals surface area contributed by atoms with Crippen molar-refractivity contribution >= 4 is 5.97 Å². The van der Waals surface area contributed by atoms with Crippen LogP contribution in [0.3, 0.4) is 0 Å². The summed E-state index contributed by atoms with van der Waals surface area (Å²) in [6, 6.07) is 6.52. The fraction of sp³-hybridized carbons (Fsp3) is 0.533. The molecular formula is C15H21NO4.